The summed E-state index contributed by atoms with van der Waals surface area (Å²) in [6.07, 6.45) is 0.517. The number of halogens is 1. The van der Waals surface area contributed by atoms with Crippen LogP contribution in [0.15, 0.2) is 42.6 Å². The summed E-state index contributed by atoms with van der Waals surface area (Å²) in [5.74, 6) is -0.972. The second-order valence-corrected chi connectivity index (χ2v) is 5.27. The molecule has 7 heteroatoms. The molecule has 1 amide bonds. The molecule has 1 atom stereocenters. The number of nitrogens with zero attached hydrogens (tertiary/aromatic N) is 1. The van der Waals surface area contributed by atoms with Gasteiger partial charge in [0.25, 0.3) is 5.91 Å². The predicted octanol–water partition coefficient (Wildman–Crippen LogP) is 3.32. The number of ether oxygens (including phenoxy) is 2. The van der Waals surface area contributed by atoms with E-state index in [2.05, 4.69) is 10.3 Å². The van der Waals surface area contributed by atoms with Crippen molar-refractivity contribution in [2.24, 2.45) is 0 Å². The maximum atomic E-state index is 12.2. The molecule has 0 aliphatic heterocycles. The van der Waals surface area contributed by atoms with Gasteiger partial charge in [-0.15, -0.1) is 0 Å². The van der Waals surface area contributed by atoms with E-state index in [1.165, 1.54) is 19.2 Å². The van der Waals surface area contributed by atoms with Crippen LogP contribution in [0.1, 0.15) is 24.2 Å². The quantitative estimate of drug-likeness (QED) is 0.810. The first-order chi connectivity index (χ1) is 11.5. The molecular weight excluding hydrogens is 332 g/mol. The molecule has 1 unspecified atom stereocenters. The zero-order valence-corrected chi connectivity index (χ0v) is 14.0. The number of rotatable bonds is 6. The van der Waals surface area contributed by atoms with Crippen LogP contribution in [-0.4, -0.2) is 29.6 Å². The third-order valence-corrected chi connectivity index (χ3v) is 3.25. The number of carbonyl (C=O) groups is 2. The molecule has 0 saturated carbocycles. The molecule has 0 radical (unpaired) electrons. The van der Waals surface area contributed by atoms with Crippen LogP contribution in [0.5, 0.6) is 5.88 Å². The first kappa shape index (κ1) is 17.7. The highest BCUT2D eigenvalue weighted by atomic mass is 35.5. The highest BCUT2D eigenvalue weighted by molar-refractivity contribution is 6.30. The van der Waals surface area contributed by atoms with Gasteiger partial charge >= 0.3 is 5.97 Å². The van der Waals surface area contributed by atoms with Crippen molar-refractivity contribution in [1.82, 2.24) is 4.98 Å². The minimum atomic E-state index is -0.994. The van der Waals surface area contributed by atoms with Gasteiger partial charge in [0.1, 0.15) is 5.56 Å². The number of amides is 1. The van der Waals surface area contributed by atoms with E-state index in [0.717, 1.165) is 0 Å². The predicted molar refractivity (Wildman–Crippen MR) is 90.4 cm³/mol. The Hall–Kier alpha value is -2.60. The monoisotopic (exact) mass is 348 g/mol. The highest BCUT2D eigenvalue weighted by Crippen LogP contribution is 2.18. The lowest BCUT2D eigenvalue weighted by Crippen LogP contribution is -2.30. The van der Waals surface area contributed by atoms with Crippen LogP contribution in [-0.2, 0) is 9.53 Å². The van der Waals surface area contributed by atoms with Gasteiger partial charge in [0.15, 0.2) is 6.10 Å². The van der Waals surface area contributed by atoms with Crippen molar-refractivity contribution in [1.29, 1.82) is 0 Å². The van der Waals surface area contributed by atoms with Gasteiger partial charge in [-0.05, 0) is 44.2 Å². The molecule has 2 rings (SSSR count). The zero-order chi connectivity index (χ0) is 17.5. The fraction of sp³-hybridized carbons (Fsp3) is 0.235. The summed E-state index contributed by atoms with van der Waals surface area (Å²) in [5, 5.41) is 3.13. The summed E-state index contributed by atoms with van der Waals surface area (Å²) in [6.45, 7) is 3.63. The molecule has 0 fully saturated rings. The average Bonchev–Trinajstić information content (AvgIpc) is 2.55. The number of nitrogens with one attached hydrogen (secondary N) is 1. The fourth-order valence-electron chi connectivity index (χ4n) is 1.89. The number of benzene rings is 1. The molecule has 1 aromatic heterocycles. The molecule has 1 aromatic carbocycles. The zero-order valence-electron chi connectivity index (χ0n) is 13.3. The standard InChI is InChI=1S/C17H17ClN2O4/c1-3-23-16-14(8-5-9-19-16)17(22)24-11(2)15(21)20-13-7-4-6-12(18)10-13/h4-11H,3H2,1-2H3,(H,20,21). The number of hydrogen-bond donors (Lipinski definition) is 1. The van der Waals surface area contributed by atoms with Gasteiger partial charge in [-0.2, -0.15) is 0 Å². The van der Waals surface area contributed by atoms with Crippen LogP contribution in [0.3, 0.4) is 0 Å². The molecular formula is C17H17ClN2O4. The second-order valence-electron chi connectivity index (χ2n) is 4.84. The van der Waals surface area contributed by atoms with Crippen molar-refractivity contribution in [3.63, 3.8) is 0 Å². The summed E-state index contributed by atoms with van der Waals surface area (Å²) in [5.41, 5.74) is 0.688. The van der Waals surface area contributed by atoms with Gasteiger partial charge in [0.2, 0.25) is 5.88 Å². The number of carbonyl (C=O) groups excluding carboxylic acids is 2. The molecule has 0 bridgehead atoms. The number of aromatic nitrogens is 1. The van der Waals surface area contributed by atoms with Gasteiger partial charge in [0, 0.05) is 16.9 Å². The molecule has 1 heterocycles. The van der Waals surface area contributed by atoms with Crippen molar-refractivity contribution in [3.05, 3.63) is 53.2 Å². The summed E-state index contributed by atoms with van der Waals surface area (Å²) in [4.78, 5) is 28.3. The lowest BCUT2D eigenvalue weighted by molar-refractivity contribution is -0.123. The van der Waals surface area contributed by atoms with E-state index in [1.54, 1.807) is 37.3 Å². The van der Waals surface area contributed by atoms with Crippen LogP contribution in [0.25, 0.3) is 0 Å². The lowest BCUT2D eigenvalue weighted by atomic mass is 10.2. The summed E-state index contributed by atoms with van der Waals surface area (Å²) < 4.78 is 10.5. The smallest absolute Gasteiger partial charge is 0.344 e. The summed E-state index contributed by atoms with van der Waals surface area (Å²) >= 11 is 5.86. The number of hydrogen-bond acceptors (Lipinski definition) is 5. The Morgan fingerprint density at radius 2 is 2.08 bits per heavy atom. The molecule has 2 aromatic rings. The first-order valence-corrected chi connectivity index (χ1v) is 7.74. The maximum Gasteiger partial charge on any atom is 0.344 e. The normalized spacial score (nSPS) is 11.5. The van der Waals surface area contributed by atoms with Crippen LogP contribution < -0.4 is 10.1 Å². The Labute approximate surface area is 144 Å². The molecule has 24 heavy (non-hydrogen) atoms. The number of pyridine rings is 1. The lowest BCUT2D eigenvalue weighted by Gasteiger charge is -2.14. The average molecular weight is 349 g/mol. The van der Waals surface area contributed by atoms with E-state index < -0.39 is 18.0 Å². The molecule has 0 aliphatic rings. The third-order valence-electron chi connectivity index (χ3n) is 3.02. The largest absolute Gasteiger partial charge is 0.477 e. The van der Waals surface area contributed by atoms with Gasteiger partial charge in [-0.25, -0.2) is 9.78 Å². The van der Waals surface area contributed by atoms with Crippen LogP contribution in [0.2, 0.25) is 5.02 Å². The molecule has 0 aliphatic carbocycles. The van der Waals surface area contributed by atoms with Gasteiger partial charge in [-0.3, -0.25) is 4.79 Å². The van der Waals surface area contributed by atoms with E-state index in [9.17, 15) is 9.59 Å². The fourth-order valence-corrected chi connectivity index (χ4v) is 2.08. The number of esters is 1. The van der Waals surface area contributed by atoms with Crippen molar-refractivity contribution in [3.8, 4) is 5.88 Å². The van der Waals surface area contributed by atoms with Crippen LogP contribution in [0, 0.1) is 0 Å². The summed E-state index contributed by atoms with van der Waals surface area (Å²) in [6, 6.07) is 9.81. The second kappa shape index (κ2) is 8.31. The SMILES string of the molecule is CCOc1ncccc1C(=O)OC(C)C(=O)Nc1cccc(Cl)c1. The van der Waals surface area contributed by atoms with E-state index in [1.807, 2.05) is 0 Å². The Morgan fingerprint density at radius 1 is 1.29 bits per heavy atom. The Bertz CT molecular complexity index is 736. The van der Waals surface area contributed by atoms with Gasteiger partial charge in [0.05, 0.1) is 6.61 Å². The van der Waals surface area contributed by atoms with E-state index in [0.29, 0.717) is 17.3 Å². The van der Waals surface area contributed by atoms with Crippen LogP contribution in [0.4, 0.5) is 5.69 Å². The molecule has 1 N–H and O–H groups in total. The minimum Gasteiger partial charge on any atom is -0.477 e. The van der Waals surface area contributed by atoms with Gasteiger partial charge in [-0.1, -0.05) is 17.7 Å². The molecule has 126 valence electrons. The van der Waals surface area contributed by atoms with Crippen molar-refractivity contribution in [2.45, 2.75) is 20.0 Å². The third kappa shape index (κ3) is 4.70. The van der Waals surface area contributed by atoms with E-state index in [4.69, 9.17) is 21.1 Å². The molecule has 6 nitrogen and oxygen atoms in total. The van der Waals surface area contributed by atoms with Gasteiger partial charge < -0.3 is 14.8 Å². The molecule has 0 spiro atoms. The van der Waals surface area contributed by atoms with E-state index >= 15 is 0 Å². The van der Waals surface area contributed by atoms with Crippen LogP contribution >= 0.6 is 11.6 Å². The minimum absolute atomic E-state index is 0.168. The molecule has 0 saturated heterocycles. The van der Waals surface area contributed by atoms with Crippen molar-refractivity contribution < 1.29 is 19.1 Å². The van der Waals surface area contributed by atoms with E-state index in [-0.39, 0.29) is 11.4 Å². The Morgan fingerprint density at radius 3 is 2.79 bits per heavy atom. The first-order valence-electron chi connectivity index (χ1n) is 7.36. The number of anilines is 1. The maximum absolute atomic E-state index is 12.2. The van der Waals surface area contributed by atoms with Crippen molar-refractivity contribution >= 4 is 29.2 Å². The van der Waals surface area contributed by atoms with Crippen molar-refractivity contribution in [2.75, 3.05) is 11.9 Å². The Balaban J connectivity index is 2.02. The topological polar surface area (TPSA) is 77.5 Å². The summed E-state index contributed by atoms with van der Waals surface area (Å²) in [7, 11) is 0. The highest BCUT2D eigenvalue weighted by Gasteiger charge is 2.22. The Kier molecular flexibility index (Phi) is 6.14.